The summed E-state index contributed by atoms with van der Waals surface area (Å²) in [6, 6.07) is 0. The summed E-state index contributed by atoms with van der Waals surface area (Å²) in [6.07, 6.45) is 3.59. The highest BCUT2D eigenvalue weighted by molar-refractivity contribution is 5.76. The Hall–Kier alpha value is -0.650. The molecule has 0 heterocycles. The van der Waals surface area contributed by atoms with E-state index in [1.54, 1.807) is 14.2 Å². The number of nitrogens with zero attached hydrogens (tertiary/aromatic N) is 1. The van der Waals surface area contributed by atoms with E-state index in [-0.39, 0.29) is 5.91 Å². The fourth-order valence-corrected chi connectivity index (χ4v) is 2.04. The number of carbonyl (C=O) groups excluding carboxylic acids is 1. The molecule has 0 bridgehead atoms. The topological polar surface area (TPSA) is 64.8 Å². The summed E-state index contributed by atoms with van der Waals surface area (Å²) in [5, 5.41) is 0. The van der Waals surface area contributed by atoms with Gasteiger partial charge in [0, 0.05) is 33.7 Å². The van der Waals surface area contributed by atoms with Gasteiger partial charge in [-0.25, -0.2) is 0 Å². The molecule has 2 N–H and O–H groups in total. The van der Waals surface area contributed by atoms with Gasteiger partial charge in [0.2, 0.25) is 5.91 Å². The van der Waals surface area contributed by atoms with Crippen molar-refractivity contribution in [2.24, 2.45) is 11.7 Å². The molecule has 0 radical (unpaired) electrons. The van der Waals surface area contributed by atoms with Crippen LogP contribution in [0.2, 0.25) is 0 Å². The van der Waals surface area contributed by atoms with Crippen molar-refractivity contribution in [3.63, 3.8) is 0 Å². The zero-order valence-electron chi connectivity index (χ0n) is 12.7. The van der Waals surface area contributed by atoms with Crippen LogP contribution in [0.4, 0.5) is 0 Å². The maximum atomic E-state index is 12.2. The Bertz CT molecular complexity index is 217. The second-order valence-electron chi connectivity index (χ2n) is 4.76. The van der Waals surface area contributed by atoms with Crippen molar-refractivity contribution in [2.45, 2.75) is 32.6 Å². The highest BCUT2D eigenvalue weighted by atomic mass is 16.5. The molecule has 0 aliphatic heterocycles. The van der Waals surface area contributed by atoms with Gasteiger partial charge in [0.15, 0.2) is 0 Å². The number of hydrogen-bond donors (Lipinski definition) is 1. The van der Waals surface area contributed by atoms with Crippen LogP contribution in [0.5, 0.6) is 0 Å². The maximum Gasteiger partial charge on any atom is 0.222 e. The Balaban J connectivity index is 4.13. The Kier molecular flexibility index (Phi) is 12.0. The van der Waals surface area contributed by atoms with Gasteiger partial charge < -0.3 is 20.1 Å². The molecule has 1 atom stereocenters. The van der Waals surface area contributed by atoms with Gasteiger partial charge in [-0.2, -0.15) is 0 Å². The molecule has 0 aromatic heterocycles. The molecule has 5 heteroatoms. The molecule has 0 saturated heterocycles. The minimum Gasteiger partial charge on any atom is -0.383 e. The maximum absolute atomic E-state index is 12.2. The Morgan fingerprint density at radius 3 is 2.16 bits per heavy atom. The van der Waals surface area contributed by atoms with E-state index in [4.69, 9.17) is 15.2 Å². The fourth-order valence-electron chi connectivity index (χ4n) is 2.04. The molecular weight excluding hydrogens is 244 g/mol. The lowest BCUT2D eigenvalue weighted by molar-refractivity contribution is -0.132. The third-order valence-corrected chi connectivity index (χ3v) is 3.40. The van der Waals surface area contributed by atoms with E-state index in [9.17, 15) is 4.79 Å². The first-order valence-electron chi connectivity index (χ1n) is 7.15. The normalized spacial score (nSPS) is 12.4. The molecule has 0 fully saturated rings. The minimum atomic E-state index is 0.185. The highest BCUT2D eigenvalue weighted by Gasteiger charge is 2.15. The predicted molar refractivity (Wildman–Crippen MR) is 77.0 cm³/mol. The first-order valence-corrected chi connectivity index (χ1v) is 7.15. The van der Waals surface area contributed by atoms with Crippen molar-refractivity contribution in [2.75, 3.05) is 47.1 Å². The summed E-state index contributed by atoms with van der Waals surface area (Å²) in [4.78, 5) is 14.0. The minimum absolute atomic E-state index is 0.185. The Labute approximate surface area is 117 Å². The van der Waals surface area contributed by atoms with E-state index in [2.05, 4.69) is 6.92 Å². The summed E-state index contributed by atoms with van der Waals surface area (Å²) < 4.78 is 10.1. The van der Waals surface area contributed by atoms with Crippen LogP contribution in [0.25, 0.3) is 0 Å². The zero-order valence-corrected chi connectivity index (χ0v) is 12.7. The third kappa shape index (κ3) is 8.97. The van der Waals surface area contributed by atoms with Crippen molar-refractivity contribution in [3.05, 3.63) is 0 Å². The third-order valence-electron chi connectivity index (χ3n) is 3.40. The predicted octanol–water partition coefficient (Wildman–Crippen LogP) is 1.26. The Morgan fingerprint density at radius 2 is 1.74 bits per heavy atom. The molecule has 0 aliphatic carbocycles. The van der Waals surface area contributed by atoms with Gasteiger partial charge in [-0.15, -0.1) is 0 Å². The molecule has 5 nitrogen and oxygen atoms in total. The molecule has 114 valence electrons. The van der Waals surface area contributed by atoms with E-state index in [0.29, 0.717) is 45.2 Å². The van der Waals surface area contributed by atoms with Gasteiger partial charge in [0.1, 0.15) is 0 Å². The quantitative estimate of drug-likeness (QED) is 0.582. The van der Waals surface area contributed by atoms with Crippen LogP contribution in [0, 0.1) is 5.92 Å². The van der Waals surface area contributed by atoms with E-state index < -0.39 is 0 Å². The number of ether oxygens (including phenoxy) is 2. The number of hydrogen-bond acceptors (Lipinski definition) is 4. The standard InChI is InChI=1S/C14H30N2O3/c1-4-13(7-8-15)5-6-14(17)16(9-11-18-2)10-12-19-3/h13H,4-12,15H2,1-3H3. The monoisotopic (exact) mass is 274 g/mol. The van der Waals surface area contributed by atoms with Crippen molar-refractivity contribution in [3.8, 4) is 0 Å². The first kappa shape index (κ1) is 18.4. The smallest absolute Gasteiger partial charge is 0.222 e. The lowest BCUT2D eigenvalue weighted by atomic mass is 9.96. The summed E-state index contributed by atoms with van der Waals surface area (Å²) in [7, 11) is 3.29. The van der Waals surface area contributed by atoms with Gasteiger partial charge in [0.05, 0.1) is 13.2 Å². The van der Waals surface area contributed by atoms with Crippen LogP contribution in [0.1, 0.15) is 32.6 Å². The second kappa shape index (κ2) is 12.4. The largest absolute Gasteiger partial charge is 0.383 e. The second-order valence-corrected chi connectivity index (χ2v) is 4.76. The molecule has 19 heavy (non-hydrogen) atoms. The number of nitrogens with two attached hydrogens (primary N) is 1. The molecule has 0 aromatic carbocycles. The summed E-state index contributed by atoms with van der Waals surface area (Å²) >= 11 is 0. The highest BCUT2D eigenvalue weighted by Crippen LogP contribution is 2.15. The number of carbonyl (C=O) groups is 1. The lowest BCUT2D eigenvalue weighted by Crippen LogP contribution is -2.36. The van der Waals surface area contributed by atoms with E-state index in [1.807, 2.05) is 4.90 Å². The number of rotatable bonds is 12. The van der Waals surface area contributed by atoms with Crippen LogP contribution >= 0.6 is 0 Å². The van der Waals surface area contributed by atoms with Crippen molar-refractivity contribution >= 4 is 5.91 Å². The van der Waals surface area contributed by atoms with Gasteiger partial charge >= 0.3 is 0 Å². The van der Waals surface area contributed by atoms with E-state index >= 15 is 0 Å². The molecule has 0 rings (SSSR count). The summed E-state index contributed by atoms with van der Waals surface area (Å²) in [5.74, 6) is 0.741. The number of amides is 1. The van der Waals surface area contributed by atoms with Crippen LogP contribution in [-0.2, 0) is 14.3 Å². The van der Waals surface area contributed by atoms with Gasteiger partial charge in [-0.1, -0.05) is 13.3 Å². The molecule has 0 saturated carbocycles. The van der Waals surface area contributed by atoms with E-state index in [1.165, 1.54) is 0 Å². The molecule has 0 spiro atoms. The first-order chi connectivity index (χ1) is 9.19. The molecule has 0 aliphatic rings. The van der Waals surface area contributed by atoms with Crippen LogP contribution < -0.4 is 5.73 Å². The fraction of sp³-hybridized carbons (Fsp3) is 0.929. The average molecular weight is 274 g/mol. The zero-order chi connectivity index (χ0) is 14.5. The molecule has 1 amide bonds. The van der Waals surface area contributed by atoms with E-state index in [0.717, 1.165) is 19.3 Å². The van der Waals surface area contributed by atoms with Crippen molar-refractivity contribution in [1.82, 2.24) is 4.90 Å². The van der Waals surface area contributed by atoms with Crippen LogP contribution in [0.3, 0.4) is 0 Å². The van der Waals surface area contributed by atoms with Crippen molar-refractivity contribution < 1.29 is 14.3 Å². The molecule has 1 unspecified atom stereocenters. The molecule has 0 aromatic rings. The Morgan fingerprint density at radius 1 is 1.16 bits per heavy atom. The lowest BCUT2D eigenvalue weighted by Gasteiger charge is -2.23. The summed E-state index contributed by atoms with van der Waals surface area (Å²) in [6.45, 7) is 5.24. The number of methoxy groups -OCH3 is 2. The molecular formula is C14H30N2O3. The SMILES string of the molecule is CCC(CCN)CCC(=O)N(CCOC)CCOC. The van der Waals surface area contributed by atoms with Gasteiger partial charge in [-0.3, -0.25) is 4.79 Å². The van der Waals surface area contributed by atoms with Gasteiger partial charge in [-0.05, 0) is 25.3 Å². The summed E-state index contributed by atoms with van der Waals surface area (Å²) in [5.41, 5.74) is 5.57. The average Bonchev–Trinajstić information content (AvgIpc) is 2.43. The van der Waals surface area contributed by atoms with Crippen molar-refractivity contribution in [1.29, 1.82) is 0 Å². The van der Waals surface area contributed by atoms with Gasteiger partial charge in [0.25, 0.3) is 0 Å². The van der Waals surface area contributed by atoms with Crippen LogP contribution in [-0.4, -0.2) is 57.9 Å². The van der Waals surface area contributed by atoms with Crippen LogP contribution in [0.15, 0.2) is 0 Å².